The summed E-state index contributed by atoms with van der Waals surface area (Å²) in [4.78, 5) is 2.39. The Balaban J connectivity index is 2.25. The summed E-state index contributed by atoms with van der Waals surface area (Å²) >= 11 is 0. The van der Waals surface area contributed by atoms with Gasteiger partial charge in [0, 0.05) is 24.4 Å². The second-order valence-electron chi connectivity index (χ2n) is 6.00. The Kier molecular flexibility index (Phi) is 4.11. The lowest BCUT2D eigenvalue weighted by molar-refractivity contribution is 0.217. The van der Waals surface area contributed by atoms with Gasteiger partial charge in [-0.2, -0.15) is 5.26 Å². The number of hydrogen-bond acceptors (Lipinski definition) is 3. The van der Waals surface area contributed by atoms with E-state index in [1.54, 1.807) is 0 Å². The van der Waals surface area contributed by atoms with Crippen LogP contribution in [-0.2, 0) is 0 Å². The molecule has 1 aromatic rings. The zero-order valence-corrected chi connectivity index (χ0v) is 11.8. The van der Waals surface area contributed by atoms with Crippen LogP contribution in [-0.4, -0.2) is 23.8 Å². The highest BCUT2D eigenvalue weighted by atomic mass is 16.3. The Labute approximate surface area is 115 Å². The molecule has 1 atom stereocenters. The summed E-state index contributed by atoms with van der Waals surface area (Å²) in [6, 6.07) is 10.0. The molecule has 0 aliphatic carbocycles. The van der Waals surface area contributed by atoms with Crippen LogP contribution in [0.15, 0.2) is 24.3 Å². The van der Waals surface area contributed by atoms with E-state index in [9.17, 15) is 0 Å². The number of aliphatic hydroxyl groups excluding tert-OH is 1. The van der Waals surface area contributed by atoms with Gasteiger partial charge in [0.15, 0.2) is 0 Å². The van der Waals surface area contributed by atoms with Crippen LogP contribution in [0.2, 0.25) is 0 Å². The first kappa shape index (κ1) is 13.9. The fraction of sp³-hybridized carbons (Fsp3) is 0.562. The molecule has 0 aromatic heterocycles. The monoisotopic (exact) mass is 258 g/mol. The molecule has 102 valence electrons. The molecule has 0 bridgehead atoms. The number of nitrogens with zero attached hydrogens (tertiary/aromatic N) is 2. The van der Waals surface area contributed by atoms with Crippen LogP contribution in [0, 0.1) is 17.2 Å². The number of rotatable bonds is 3. The van der Waals surface area contributed by atoms with E-state index in [2.05, 4.69) is 30.9 Å². The molecule has 0 saturated carbocycles. The second-order valence-corrected chi connectivity index (χ2v) is 6.00. The van der Waals surface area contributed by atoms with Crippen LogP contribution < -0.4 is 4.90 Å². The van der Waals surface area contributed by atoms with Gasteiger partial charge in [-0.25, -0.2) is 0 Å². The zero-order chi connectivity index (χ0) is 13.9. The second kappa shape index (κ2) is 5.63. The van der Waals surface area contributed by atoms with Crippen LogP contribution in [0.1, 0.15) is 38.7 Å². The predicted octanol–water partition coefficient (Wildman–Crippen LogP) is 2.94. The van der Waals surface area contributed by atoms with Crippen molar-refractivity contribution in [3.05, 3.63) is 29.8 Å². The fourth-order valence-electron chi connectivity index (χ4n) is 2.91. The third-order valence-electron chi connectivity index (χ3n) is 4.16. The molecule has 1 aliphatic heterocycles. The maximum atomic E-state index is 9.13. The largest absolute Gasteiger partial charge is 0.396 e. The summed E-state index contributed by atoms with van der Waals surface area (Å²) in [7, 11) is 0. The van der Waals surface area contributed by atoms with Crippen LogP contribution in [0.3, 0.4) is 0 Å². The van der Waals surface area contributed by atoms with Crippen molar-refractivity contribution in [2.24, 2.45) is 5.92 Å². The molecular formula is C16H22N2O. The van der Waals surface area contributed by atoms with Crippen molar-refractivity contribution in [3.63, 3.8) is 0 Å². The first-order valence-corrected chi connectivity index (χ1v) is 6.95. The molecule has 3 heteroatoms. The predicted molar refractivity (Wildman–Crippen MR) is 77.0 cm³/mol. The van der Waals surface area contributed by atoms with Crippen molar-refractivity contribution in [1.82, 2.24) is 0 Å². The Morgan fingerprint density at radius 1 is 1.47 bits per heavy atom. The molecular weight excluding hydrogens is 236 g/mol. The van der Waals surface area contributed by atoms with Gasteiger partial charge in [-0.05, 0) is 57.2 Å². The quantitative estimate of drug-likeness (QED) is 0.906. The SMILES string of the molecule is CC1(C)CCC(CCO)CN1c1cccc(C#N)c1. The minimum Gasteiger partial charge on any atom is -0.396 e. The average Bonchev–Trinajstić information content (AvgIpc) is 2.41. The number of nitriles is 1. The van der Waals surface area contributed by atoms with E-state index in [0.29, 0.717) is 11.5 Å². The summed E-state index contributed by atoms with van der Waals surface area (Å²) < 4.78 is 0. The van der Waals surface area contributed by atoms with Crippen molar-refractivity contribution in [2.45, 2.75) is 38.6 Å². The summed E-state index contributed by atoms with van der Waals surface area (Å²) in [5, 5.41) is 18.2. The van der Waals surface area contributed by atoms with E-state index in [1.807, 2.05) is 18.2 Å². The maximum Gasteiger partial charge on any atom is 0.0992 e. The molecule has 1 aromatic carbocycles. The average molecular weight is 258 g/mol. The Bertz CT molecular complexity index is 476. The molecule has 19 heavy (non-hydrogen) atoms. The van der Waals surface area contributed by atoms with E-state index in [0.717, 1.165) is 25.1 Å². The number of hydrogen-bond donors (Lipinski definition) is 1. The molecule has 1 aliphatic rings. The first-order chi connectivity index (χ1) is 9.06. The van der Waals surface area contributed by atoms with Gasteiger partial charge in [0.25, 0.3) is 0 Å². The maximum absolute atomic E-state index is 9.13. The van der Waals surface area contributed by atoms with Crippen molar-refractivity contribution in [1.29, 1.82) is 5.26 Å². The van der Waals surface area contributed by atoms with Crippen molar-refractivity contribution in [2.75, 3.05) is 18.1 Å². The molecule has 1 saturated heterocycles. The molecule has 0 spiro atoms. The summed E-state index contributed by atoms with van der Waals surface area (Å²) in [5.41, 5.74) is 1.93. The lowest BCUT2D eigenvalue weighted by atomic mass is 9.83. The van der Waals surface area contributed by atoms with Crippen molar-refractivity contribution < 1.29 is 5.11 Å². The van der Waals surface area contributed by atoms with Crippen LogP contribution in [0.4, 0.5) is 5.69 Å². The van der Waals surface area contributed by atoms with E-state index in [1.165, 1.54) is 6.42 Å². The van der Waals surface area contributed by atoms with Gasteiger partial charge in [-0.3, -0.25) is 0 Å². The van der Waals surface area contributed by atoms with Gasteiger partial charge >= 0.3 is 0 Å². The van der Waals surface area contributed by atoms with Crippen LogP contribution in [0.25, 0.3) is 0 Å². The van der Waals surface area contributed by atoms with Gasteiger partial charge < -0.3 is 10.0 Å². The van der Waals surface area contributed by atoms with E-state index in [-0.39, 0.29) is 12.1 Å². The van der Waals surface area contributed by atoms with Crippen LogP contribution >= 0.6 is 0 Å². The third-order valence-corrected chi connectivity index (χ3v) is 4.16. The molecule has 0 amide bonds. The van der Waals surface area contributed by atoms with Gasteiger partial charge in [-0.15, -0.1) is 0 Å². The number of anilines is 1. The molecule has 3 nitrogen and oxygen atoms in total. The number of aliphatic hydroxyl groups is 1. The van der Waals surface area contributed by atoms with Crippen LogP contribution in [0.5, 0.6) is 0 Å². The number of piperidine rings is 1. The van der Waals surface area contributed by atoms with Gasteiger partial charge in [0.05, 0.1) is 11.6 Å². The van der Waals surface area contributed by atoms with E-state index in [4.69, 9.17) is 10.4 Å². The van der Waals surface area contributed by atoms with E-state index < -0.39 is 0 Å². The topological polar surface area (TPSA) is 47.3 Å². The first-order valence-electron chi connectivity index (χ1n) is 6.95. The van der Waals surface area contributed by atoms with Crippen molar-refractivity contribution in [3.8, 4) is 6.07 Å². The van der Waals surface area contributed by atoms with Crippen molar-refractivity contribution >= 4 is 5.69 Å². The minimum absolute atomic E-state index is 0.111. The summed E-state index contributed by atoms with van der Waals surface area (Å²) in [6.07, 6.45) is 3.15. The summed E-state index contributed by atoms with van der Waals surface area (Å²) in [5.74, 6) is 0.545. The Hall–Kier alpha value is -1.53. The van der Waals surface area contributed by atoms with E-state index >= 15 is 0 Å². The highest BCUT2D eigenvalue weighted by molar-refractivity contribution is 5.53. The fourth-order valence-corrected chi connectivity index (χ4v) is 2.91. The van der Waals surface area contributed by atoms with Gasteiger partial charge in [-0.1, -0.05) is 6.07 Å². The Morgan fingerprint density at radius 3 is 2.95 bits per heavy atom. The lowest BCUT2D eigenvalue weighted by Gasteiger charge is -2.47. The van der Waals surface area contributed by atoms with Gasteiger partial charge in [0.2, 0.25) is 0 Å². The Morgan fingerprint density at radius 2 is 2.26 bits per heavy atom. The molecule has 2 rings (SSSR count). The third kappa shape index (κ3) is 3.08. The molecule has 1 heterocycles. The molecule has 1 N–H and O–H groups in total. The smallest absolute Gasteiger partial charge is 0.0992 e. The zero-order valence-electron chi connectivity index (χ0n) is 11.8. The lowest BCUT2D eigenvalue weighted by Crippen LogP contribution is -2.50. The molecule has 1 unspecified atom stereocenters. The van der Waals surface area contributed by atoms with Gasteiger partial charge in [0.1, 0.15) is 0 Å². The summed E-state index contributed by atoms with van der Waals surface area (Å²) in [6.45, 7) is 5.72. The highest BCUT2D eigenvalue weighted by Crippen LogP contribution is 2.35. The highest BCUT2D eigenvalue weighted by Gasteiger charge is 2.34. The normalized spacial score (nSPS) is 22.0. The minimum atomic E-state index is 0.111. The molecule has 0 radical (unpaired) electrons. The number of benzene rings is 1. The molecule has 1 fully saturated rings. The standard InChI is InChI=1S/C16H22N2O/c1-16(2)8-6-13(7-9-19)12-18(16)15-5-3-4-14(10-15)11-17/h3-5,10,13,19H,6-9,12H2,1-2H3.